The number of hydrogen-bond acceptors (Lipinski definition) is 1. The molecule has 0 unspecified atom stereocenters. The van der Waals surface area contributed by atoms with Crippen LogP contribution >= 0.6 is 0 Å². The minimum Gasteiger partial charge on any atom is -0.303 e. The van der Waals surface area contributed by atoms with E-state index in [1.807, 2.05) is 6.20 Å². The summed E-state index contributed by atoms with van der Waals surface area (Å²) in [6.07, 6.45) is 8.12. The summed E-state index contributed by atoms with van der Waals surface area (Å²) in [5.74, 6) is 1.97. The Morgan fingerprint density at radius 3 is 3.00 bits per heavy atom. The second kappa shape index (κ2) is 2.84. The number of aryl methyl sites for hydroxylation is 1. The van der Waals surface area contributed by atoms with Crippen LogP contribution in [0.4, 0.5) is 0 Å². The van der Waals surface area contributed by atoms with E-state index in [1.54, 1.807) is 0 Å². The minimum atomic E-state index is 0.708. The molecule has 1 aliphatic rings. The highest BCUT2D eigenvalue weighted by Crippen LogP contribution is 2.35. The fourth-order valence-electron chi connectivity index (χ4n) is 2.15. The van der Waals surface area contributed by atoms with Crippen LogP contribution < -0.4 is 0 Å². The third-order valence-electron chi connectivity index (χ3n) is 3.28. The first-order valence-electron chi connectivity index (χ1n) is 5.29. The first-order valence-corrected chi connectivity index (χ1v) is 5.29. The second-order valence-electron chi connectivity index (χ2n) is 4.19. The SMILES string of the molecule is Cc1cccn2c(C3CCC3)ncc12. The second-order valence-corrected chi connectivity index (χ2v) is 4.19. The van der Waals surface area contributed by atoms with Gasteiger partial charge >= 0.3 is 0 Å². The summed E-state index contributed by atoms with van der Waals surface area (Å²) in [4.78, 5) is 4.54. The van der Waals surface area contributed by atoms with Crippen molar-refractivity contribution in [3.8, 4) is 0 Å². The molecule has 0 N–H and O–H groups in total. The molecule has 72 valence electrons. The van der Waals surface area contributed by atoms with Crippen LogP contribution in [0.3, 0.4) is 0 Å². The Morgan fingerprint density at radius 1 is 1.43 bits per heavy atom. The number of aromatic nitrogens is 2. The average Bonchev–Trinajstić information content (AvgIpc) is 2.48. The summed E-state index contributed by atoms with van der Waals surface area (Å²) in [7, 11) is 0. The van der Waals surface area contributed by atoms with E-state index in [0.717, 1.165) is 0 Å². The molecule has 0 amide bonds. The average molecular weight is 186 g/mol. The monoisotopic (exact) mass is 186 g/mol. The molecule has 14 heavy (non-hydrogen) atoms. The van der Waals surface area contributed by atoms with E-state index in [2.05, 4.69) is 34.6 Å². The normalized spacial score (nSPS) is 17.2. The van der Waals surface area contributed by atoms with E-state index in [9.17, 15) is 0 Å². The van der Waals surface area contributed by atoms with Gasteiger partial charge in [-0.05, 0) is 31.4 Å². The summed E-state index contributed by atoms with van der Waals surface area (Å²) in [5.41, 5.74) is 2.57. The van der Waals surface area contributed by atoms with Crippen molar-refractivity contribution >= 4 is 5.52 Å². The zero-order valence-electron chi connectivity index (χ0n) is 8.40. The smallest absolute Gasteiger partial charge is 0.116 e. The van der Waals surface area contributed by atoms with Crippen LogP contribution in [0.25, 0.3) is 5.52 Å². The largest absolute Gasteiger partial charge is 0.303 e. The van der Waals surface area contributed by atoms with Crippen molar-refractivity contribution in [2.45, 2.75) is 32.1 Å². The molecule has 0 radical (unpaired) electrons. The maximum atomic E-state index is 4.54. The highest BCUT2D eigenvalue weighted by atomic mass is 15.0. The van der Waals surface area contributed by atoms with Crippen LogP contribution in [0.15, 0.2) is 24.5 Å². The van der Waals surface area contributed by atoms with E-state index in [-0.39, 0.29) is 0 Å². The van der Waals surface area contributed by atoms with Gasteiger partial charge in [0.15, 0.2) is 0 Å². The molecule has 0 saturated heterocycles. The van der Waals surface area contributed by atoms with Gasteiger partial charge < -0.3 is 4.40 Å². The van der Waals surface area contributed by atoms with Gasteiger partial charge in [-0.25, -0.2) is 4.98 Å². The van der Waals surface area contributed by atoms with Gasteiger partial charge in [0.2, 0.25) is 0 Å². The number of rotatable bonds is 1. The first kappa shape index (κ1) is 8.04. The lowest BCUT2D eigenvalue weighted by Crippen LogP contribution is -2.12. The van der Waals surface area contributed by atoms with Gasteiger partial charge in [0, 0.05) is 12.1 Å². The Hall–Kier alpha value is -1.31. The van der Waals surface area contributed by atoms with E-state index in [0.29, 0.717) is 5.92 Å². The van der Waals surface area contributed by atoms with Crippen LogP contribution in [0.5, 0.6) is 0 Å². The van der Waals surface area contributed by atoms with E-state index >= 15 is 0 Å². The zero-order chi connectivity index (χ0) is 9.54. The summed E-state index contributed by atoms with van der Waals surface area (Å²) >= 11 is 0. The van der Waals surface area contributed by atoms with Crippen LogP contribution in [0.2, 0.25) is 0 Å². The maximum absolute atomic E-state index is 4.54. The van der Waals surface area contributed by atoms with E-state index < -0.39 is 0 Å². The van der Waals surface area contributed by atoms with Crippen molar-refractivity contribution in [1.29, 1.82) is 0 Å². The van der Waals surface area contributed by atoms with Crippen molar-refractivity contribution in [2.24, 2.45) is 0 Å². The molecule has 1 fully saturated rings. The summed E-state index contributed by atoms with van der Waals surface area (Å²) in [6.45, 7) is 2.14. The van der Waals surface area contributed by atoms with Crippen LogP contribution in [0, 0.1) is 6.92 Å². The fourth-order valence-corrected chi connectivity index (χ4v) is 2.15. The Bertz CT molecular complexity index is 466. The molecule has 2 heterocycles. The highest BCUT2D eigenvalue weighted by Gasteiger charge is 2.23. The topological polar surface area (TPSA) is 17.3 Å². The van der Waals surface area contributed by atoms with Crippen LogP contribution in [0.1, 0.15) is 36.6 Å². The molecule has 3 rings (SSSR count). The third-order valence-corrected chi connectivity index (χ3v) is 3.28. The third kappa shape index (κ3) is 0.999. The number of imidazole rings is 1. The van der Waals surface area contributed by atoms with Crippen molar-refractivity contribution in [1.82, 2.24) is 9.38 Å². The lowest BCUT2D eigenvalue weighted by atomic mass is 9.85. The first-order chi connectivity index (χ1) is 6.86. The van der Waals surface area contributed by atoms with Gasteiger partial charge in [0.25, 0.3) is 0 Å². The Morgan fingerprint density at radius 2 is 2.29 bits per heavy atom. The van der Waals surface area contributed by atoms with Crippen molar-refractivity contribution in [2.75, 3.05) is 0 Å². The van der Waals surface area contributed by atoms with Gasteiger partial charge in [-0.3, -0.25) is 0 Å². The van der Waals surface area contributed by atoms with Gasteiger partial charge in [-0.1, -0.05) is 12.5 Å². The van der Waals surface area contributed by atoms with Gasteiger partial charge in [-0.15, -0.1) is 0 Å². The Kier molecular flexibility index (Phi) is 1.63. The molecule has 1 saturated carbocycles. The molecular formula is C12H14N2. The number of hydrogen-bond donors (Lipinski definition) is 0. The molecule has 0 aromatic carbocycles. The molecule has 1 aliphatic carbocycles. The van der Waals surface area contributed by atoms with E-state index in [1.165, 1.54) is 36.2 Å². The maximum Gasteiger partial charge on any atom is 0.116 e. The summed E-state index contributed by atoms with van der Waals surface area (Å²) in [5, 5.41) is 0. The molecule has 0 aliphatic heterocycles. The lowest BCUT2D eigenvalue weighted by molar-refractivity contribution is 0.400. The number of fused-ring (bicyclic) bond motifs is 1. The van der Waals surface area contributed by atoms with Gasteiger partial charge in [-0.2, -0.15) is 0 Å². The Labute approximate surface area is 83.6 Å². The zero-order valence-corrected chi connectivity index (χ0v) is 8.40. The molecule has 0 spiro atoms. The minimum absolute atomic E-state index is 0.708. The predicted molar refractivity (Wildman–Crippen MR) is 56.5 cm³/mol. The van der Waals surface area contributed by atoms with Crippen LogP contribution in [-0.2, 0) is 0 Å². The predicted octanol–water partition coefficient (Wildman–Crippen LogP) is 2.91. The van der Waals surface area contributed by atoms with Crippen molar-refractivity contribution in [3.05, 3.63) is 35.9 Å². The van der Waals surface area contributed by atoms with Gasteiger partial charge in [0.1, 0.15) is 5.82 Å². The lowest BCUT2D eigenvalue weighted by Gasteiger charge is -2.24. The Balaban J connectivity index is 2.20. The molecule has 2 nitrogen and oxygen atoms in total. The summed E-state index contributed by atoms with van der Waals surface area (Å²) < 4.78 is 2.25. The number of pyridine rings is 1. The molecular weight excluding hydrogens is 172 g/mol. The molecule has 2 heteroatoms. The fraction of sp³-hybridized carbons (Fsp3) is 0.417. The van der Waals surface area contributed by atoms with Crippen LogP contribution in [-0.4, -0.2) is 9.38 Å². The quantitative estimate of drug-likeness (QED) is 0.669. The molecule has 0 bridgehead atoms. The van der Waals surface area contributed by atoms with E-state index in [4.69, 9.17) is 0 Å². The molecule has 0 atom stereocenters. The highest BCUT2D eigenvalue weighted by molar-refractivity contribution is 5.53. The standard InChI is InChI=1S/C12H14N2/c1-9-4-3-7-14-11(9)8-13-12(14)10-5-2-6-10/h3-4,7-8,10H,2,5-6H2,1H3. The number of nitrogens with zero attached hydrogens (tertiary/aromatic N) is 2. The summed E-state index contributed by atoms with van der Waals surface area (Å²) in [6, 6.07) is 4.24. The van der Waals surface area contributed by atoms with Crippen molar-refractivity contribution < 1.29 is 0 Å². The molecule has 2 aromatic heterocycles. The van der Waals surface area contributed by atoms with Crippen molar-refractivity contribution in [3.63, 3.8) is 0 Å². The van der Waals surface area contributed by atoms with Gasteiger partial charge in [0.05, 0.1) is 11.7 Å². The molecule has 2 aromatic rings.